The topological polar surface area (TPSA) is 24.2 Å². The van der Waals surface area contributed by atoms with Gasteiger partial charge in [0.15, 0.2) is 12.4 Å². The molecule has 0 atom stereocenters. The van der Waals surface area contributed by atoms with Gasteiger partial charge in [0.2, 0.25) is 0 Å². The predicted octanol–water partition coefficient (Wildman–Crippen LogP) is 3.94. The second-order valence-corrected chi connectivity index (χ2v) is 8.40. The van der Waals surface area contributed by atoms with Crippen LogP contribution >= 0.6 is 0 Å². The minimum absolute atomic E-state index is 0. The summed E-state index contributed by atoms with van der Waals surface area (Å²) in [7, 11) is 0. The Morgan fingerprint density at radius 2 is 1.23 bits per heavy atom. The normalized spacial score (nSPS) is 10.6. The van der Waals surface area contributed by atoms with Crippen molar-refractivity contribution in [2.75, 3.05) is 13.1 Å². The lowest BCUT2D eigenvalue weighted by molar-refractivity contribution is -0.697. The number of pyridine rings is 1. The fourth-order valence-corrected chi connectivity index (χ4v) is 3.97. The van der Waals surface area contributed by atoms with Crippen molar-refractivity contribution in [3.63, 3.8) is 0 Å². The number of nitrogens with zero attached hydrogens (tertiary/aromatic N) is 2. The Morgan fingerprint density at radius 3 is 1.70 bits per heavy atom. The minimum Gasteiger partial charge on any atom is -1.00 e. The Morgan fingerprint density at radius 1 is 0.767 bits per heavy atom. The maximum absolute atomic E-state index is 12.5. The number of carbonyl (C=O) groups is 1. The van der Waals surface area contributed by atoms with E-state index in [1.54, 1.807) is 0 Å². The second kappa shape index (κ2) is 19.8. The predicted molar refractivity (Wildman–Crippen MR) is 124 cm³/mol. The van der Waals surface area contributed by atoms with Crippen LogP contribution in [0.4, 0.5) is 0 Å². The first kappa shape index (κ1) is 28.9. The first-order valence-corrected chi connectivity index (χ1v) is 12.5. The van der Waals surface area contributed by atoms with Crippen LogP contribution < -0.4 is 17.0 Å². The molecule has 1 heterocycles. The first-order valence-electron chi connectivity index (χ1n) is 12.5. The van der Waals surface area contributed by atoms with Crippen molar-refractivity contribution >= 4 is 5.91 Å². The Labute approximate surface area is 193 Å². The lowest BCUT2D eigenvalue weighted by Gasteiger charge is -2.17. The van der Waals surface area contributed by atoms with E-state index in [0.717, 1.165) is 25.2 Å². The number of halogens is 1. The lowest BCUT2D eigenvalue weighted by atomic mass is 10.0. The van der Waals surface area contributed by atoms with Crippen molar-refractivity contribution in [1.29, 1.82) is 0 Å². The zero-order chi connectivity index (χ0) is 21.2. The SMILES string of the molecule is CCCCCCCCCCCCCCCC[n+]1cccc(C(=O)N(CC)CC)c1.[Cl-]. The minimum atomic E-state index is 0. The molecule has 1 rings (SSSR count). The third-order valence-corrected chi connectivity index (χ3v) is 5.93. The molecular formula is C26H47ClN2O. The number of aryl methyl sites for hydroxylation is 1. The number of hydrogen-bond acceptors (Lipinski definition) is 1. The summed E-state index contributed by atoms with van der Waals surface area (Å²) in [6.07, 6.45) is 23.5. The van der Waals surface area contributed by atoms with Crippen LogP contribution in [0.2, 0.25) is 0 Å². The van der Waals surface area contributed by atoms with E-state index >= 15 is 0 Å². The molecule has 0 aliphatic carbocycles. The summed E-state index contributed by atoms with van der Waals surface area (Å²) in [6, 6.07) is 3.93. The average Bonchev–Trinajstić information content (AvgIpc) is 2.75. The standard InChI is InChI=1S/C26H47N2O.ClH/c1-4-7-8-9-10-11-12-13-14-15-16-17-18-19-22-27-23-20-21-25(24-27)26(29)28(5-2)6-3;/h20-21,23-24H,4-19,22H2,1-3H3;1H/q+1;/p-1. The van der Waals surface area contributed by atoms with Gasteiger partial charge in [0.1, 0.15) is 12.1 Å². The van der Waals surface area contributed by atoms with Crippen LogP contribution in [0.15, 0.2) is 24.5 Å². The van der Waals surface area contributed by atoms with Gasteiger partial charge in [-0.05, 0) is 26.3 Å². The molecule has 174 valence electrons. The summed E-state index contributed by atoms with van der Waals surface area (Å²) in [4.78, 5) is 14.4. The van der Waals surface area contributed by atoms with E-state index < -0.39 is 0 Å². The molecular weight excluding hydrogens is 392 g/mol. The van der Waals surface area contributed by atoms with E-state index in [0.29, 0.717) is 0 Å². The Balaban J connectivity index is 0.00000841. The van der Waals surface area contributed by atoms with Gasteiger partial charge in [-0.2, -0.15) is 0 Å². The quantitative estimate of drug-likeness (QED) is 0.251. The molecule has 0 aliphatic heterocycles. The summed E-state index contributed by atoms with van der Waals surface area (Å²) < 4.78 is 2.18. The van der Waals surface area contributed by atoms with E-state index in [9.17, 15) is 4.79 Å². The van der Waals surface area contributed by atoms with E-state index in [1.165, 1.54) is 89.9 Å². The summed E-state index contributed by atoms with van der Waals surface area (Å²) in [6.45, 7) is 8.90. The zero-order valence-corrected chi connectivity index (χ0v) is 20.8. The lowest BCUT2D eigenvalue weighted by Crippen LogP contribution is -3.00. The highest BCUT2D eigenvalue weighted by Crippen LogP contribution is 2.13. The van der Waals surface area contributed by atoms with Crippen molar-refractivity contribution in [3.8, 4) is 0 Å². The largest absolute Gasteiger partial charge is 1.00 e. The van der Waals surface area contributed by atoms with Gasteiger partial charge < -0.3 is 17.3 Å². The molecule has 0 radical (unpaired) electrons. The molecule has 1 aromatic rings. The van der Waals surface area contributed by atoms with Crippen LogP contribution in [-0.4, -0.2) is 23.9 Å². The van der Waals surface area contributed by atoms with Crippen molar-refractivity contribution in [2.24, 2.45) is 0 Å². The fraction of sp³-hybridized carbons (Fsp3) is 0.769. The highest BCUT2D eigenvalue weighted by atomic mass is 35.5. The number of amides is 1. The van der Waals surface area contributed by atoms with Gasteiger partial charge in [-0.3, -0.25) is 4.79 Å². The molecule has 0 aliphatic rings. The molecule has 0 N–H and O–H groups in total. The van der Waals surface area contributed by atoms with E-state index in [-0.39, 0.29) is 18.3 Å². The van der Waals surface area contributed by atoms with Crippen LogP contribution in [0, 0.1) is 0 Å². The van der Waals surface area contributed by atoms with Crippen molar-refractivity contribution in [1.82, 2.24) is 4.90 Å². The molecule has 0 unspecified atom stereocenters. The number of hydrogen-bond donors (Lipinski definition) is 0. The van der Waals surface area contributed by atoms with Gasteiger partial charge in [-0.25, -0.2) is 4.57 Å². The monoisotopic (exact) mass is 438 g/mol. The molecule has 0 saturated carbocycles. The molecule has 4 heteroatoms. The third-order valence-electron chi connectivity index (χ3n) is 5.93. The second-order valence-electron chi connectivity index (χ2n) is 8.40. The molecule has 0 bridgehead atoms. The maximum atomic E-state index is 12.5. The van der Waals surface area contributed by atoms with Gasteiger partial charge in [0.25, 0.3) is 5.91 Å². The molecule has 0 saturated heterocycles. The van der Waals surface area contributed by atoms with Gasteiger partial charge in [0, 0.05) is 25.6 Å². The highest BCUT2D eigenvalue weighted by Gasteiger charge is 2.15. The van der Waals surface area contributed by atoms with Crippen LogP contribution in [-0.2, 0) is 6.54 Å². The van der Waals surface area contributed by atoms with Crippen LogP contribution in [0.3, 0.4) is 0 Å². The number of rotatable bonds is 18. The van der Waals surface area contributed by atoms with Crippen LogP contribution in [0.25, 0.3) is 0 Å². The van der Waals surface area contributed by atoms with Gasteiger partial charge >= 0.3 is 0 Å². The van der Waals surface area contributed by atoms with E-state index in [4.69, 9.17) is 0 Å². The molecule has 1 amide bonds. The number of unbranched alkanes of at least 4 members (excludes halogenated alkanes) is 13. The van der Waals surface area contributed by atoms with Crippen LogP contribution in [0.1, 0.15) is 121 Å². The van der Waals surface area contributed by atoms with Gasteiger partial charge in [0.05, 0.1) is 0 Å². The first-order chi connectivity index (χ1) is 14.2. The molecule has 0 aromatic carbocycles. The molecule has 0 spiro atoms. The van der Waals surface area contributed by atoms with Crippen molar-refractivity contribution in [3.05, 3.63) is 30.1 Å². The number of aromatic nitrogens is 1. The zero-order valence-electron chi connectivity index (χ0n) is 20.0. The molecule has 1 aromatic heterocycles. The highest BCUT2D eigenvalue weighted by molar-refractivity contribution is 5.93. The van der Waals surface area contributed by atoms with Gasteiger partial charge in [-0.15, -0.1) is 0 Å². The van der Waals surface area contributed by atoms with E-state index in [1.807, 2.05) is 37.1 Å². The third kappa shape index (κ3) is 13.3. The van der Waals surface area contributed by atoms with Crippen LogP contribution in [0.5, 0.6) is 0 Å². The Bertz CT molecular complexity index is 532. The Kier molecular flexibility index (Phi) is 19.1. The van der Waals surface area contributed by atoms with E-state index in [2.05, 4.69) is 17.7 Å². The maximum Gasteiger partial charge on any atom is 0.259 e. The fourth-order valence-electron chi connectivity index (χ4n) is 3.97. The summed E-state index contributed by atoms with van der Waals surface area (Å²) in [5.74, 6) is 0.144. The van der Waals surface area contributed by atoms with Crippen molar-refractivity contribution in [2.45, 2.75) is 117 Å². The van der Waals surface area contributed by atoms with Gasteiger partial charge in [-0.1, -0.05) is 84.0 Å². The van der Waals surface area contributed by atoms with Crippen molar-refractivity contribution < 1.29 is 21.8 Å². The summed E-state index contributed by atoms with van der Waals surface area (Å²) in [5.41, 5.74) is 0.807. The smallest absolute Gasteiger partial charge is 0.259 e. The summed E-state index contributed by atoms with van der Waals surface area (Å²) in [5, 5.41) is 0. The summed E-state index contributed by atoms with van der Waals surface area (Å²) >= 11 is 0. The molecule has 3 nitrogen and oxygen atoms in total. The number of carbonyl (C=O) groups excluding carboxylic acids is 1. The molecule has 30 heavy (non-hydrogen) atoms. The Hall–Kier alpha value is -1.09. The average molecular weight is 439 g/mol. The molecule has 0 fully saturated rings.